The minimum absolute atomic E-state index is 0.193. The molecule has 2 aromatic carbocycles. The molecule has 0 saturated carbocycles. The molecule has 0 fully saturated rings. The van der Waals surface area contributed by atoms with Crippen molar-refractivity contribution in [2.75, 3.05) is 19.1 Å². The van der Waals surface area contributed by atoms with Gasteiger partial charge < -0.3 is 9.64 Å². The van der Waals surface area contributed by atoms with Crippen LogP contribution in [0.4, 0.5) is 5.69 Å². The maximum Gasteiger partial charge on any atom is 0.258 e. The summed E-state index contributed by atoms with van der Waals surface area (Å²) in [4.78, 5) is 18.7. The molecule has 3 aromatic rings. The van der Waals surface area contributed by atoms with E-state index in [2.05, 4.69) is 4.98 Å². The fraction of sp³-hybridized carbons (Fsp3) is 0.136. The Morgan fingerprint density at radius 1 is 1.18 bits per heavy atom. The Bertz CT molecular complexity index is 1090. The summed E-state index contributed by atoms with van der Waals surface area (Å²) in [6.45, 7) is 1.88. The van der Waals surface area contributed by atoms with Gasteiger partial charge in [-0.25, -0.2) is 4.98 Å². The molecule has 1 heterocycles. The van der Waals surface area contributed by atoms with E-state index >= 15 is 0 Å². The van der Waals surface area contributed by atoms with E-state index in [0.717, 1.165) is 11.1 Å². The second-order valence-corrected chi connectivity index (χ2v) is 6.63. The van der Waals surface area contributed by atoms with E-state index in [1.54, 1.807) is 50.7 Å². The van der Waals surface area contributed by atoms with Crippen LogP contribution in [0.15, 0.2) is 54.7 Å². The van der Waals surface area contributed by atoms with Gasteiger partial charge in [-0.15, -0.1) is 0 Å². The lowest BCUT2D eigenvalue weighted by atomic mass is 9.99. The molecule has 0 aliphatic rings. The van der Waals surface area contributed by atoms with Gasteiger partial charge in [-0.1, -0.05) is 23.7 Å². The van der Waals surface area contributed by atoms with Crippen molar-refractivity contribution in [1.29, 1.82) is 5.26 Å². The van der Waals surface area contributed by atoms with Crippen molar-refractivity contribution in [2.24, 2.45) is 0 Å². The molecule has 0 spiro atoms. The molecule has 0 bridgehead atoms. The van der Waals surface area contributed by atoms with Crippen LogP contribution in [0.1, 0.15) is 21.6 Å². The first-order valence-corrected chi connectivity index (χ1v) is 8.91. The standard InChI is InChI=1S/C22H18ClN3O2/c1-14-10-16(12-24)25-13-18(14)17-11-15(8-9-19(17)23)22(27)26(2)20-6-4-5-7-21(20)28-3/h4-11,13H,1-3H3. The minimum Gasteiger partial charge on any atom is -0.495 e. The van der Waals surface area contributed by atoms with Crippen LogP contribution < -0.4 is 9.64 Å². The van der Waals surface area contributed by atoms with Crippen LogP contribution in [0.2, 0.25) is 5.02 Å². The number of hydrogen-bond donors (Lipinski definition) is 0. The maximum absolute atomic E-state index is 13.1. The number of aryl methyl sites for hydroxylation is 1. The average molecular weight is 392 g/mol. The lowest BCUT2D eigenvalue weighted by Gasteiger charge is -2.20. The van der Waals surface area contributed by atoms with Crippen LogP contribution in [-0.4, -0.2) is 25.0 Å². The highest BCUT2D eigenvalue weighted by Gasteiger charge is 2.19. The number of aromatic nitrogens is 1. The summed E-state index contributed by atoms with van der Waals surface area (Å²) in [7, 11) is 3.27. The van der Waals surface area contributed by atoms with Crippen molar-refractivity contribution in [3.05, 3.63) is 76.6 Å². The van der Waals surface area contributed by atoms with Crippen molar-refractivity contribution in [2.45, 2.75) is 6.92 Å². The lowest BCUT2D eigenvalue weighted by molar-refractivity contribution is 0.0992. The monoisotopic (exact) mass is 391 g/mol. The number of carbonyl (C=O) groups excluding carboxylic acids is 1. The first-order chi connectivity index (χ1) is 13.5. The van der Waals surface area contributed by atoms with Gasteiger partial charge in [0.05, 0.1) is 12.8 Å². The largest absolute Gasteiger partial charge is 0.495 e. The third kappa shape index (κ3) is 3.68. The number of hydrogen-bond acceptors (Lipinski definition) is 4. The van der Waals surface area contributed by atoms with Gasteiger partial charge in [0.2, 0.25) is 0 Å². The van der Waals surface area contributed by atoms with Crippen molar-refractivity contribution in [3.8, 4) is 22.9 Å². The predicted octanol–water partition coefficient (Wildman–Crippen LogP) is 4.87. The summed E-state index contributed by atoms with van der Waals surface area (Å²) in [5, 5.41) is 9.51. The number of nitrogens with zero attached hydrogens (tertiary/aromatic N) is 3. The Morgan fingerprint density at radius 3 is 2.61 bits per heavy atom. The Kier molecular flexibility index (Phi) is 5.62. The highest BCUT2D eigenvalue weighted by molar-refractivity contribution is 6.33. The fourth-order valence-electron chi connectivity index (χ4n) is 2.97. The zero-order valence-electron chi connectivity index (χ0n) is 15.7. The molecule has 0 aliphatic heterocycles. The fourth-order valence-corrected chi connectivity index (χ4v) is 3.19. The normalized spacial score (nSPS) is 10.2. The summed E-state index contributed by atoms with van der Waals surface area (Å²) in [5.74, 6) is 0.418. The molecule has 1 amide bonds. The van der Waals surface area contributed by atoms with Gasteiger partial charge in [0.15, 0.2) is 0 Å². The SMILES string of the molecule is COc1ccccc1N(C)C(=O)c1ccc(Cl)c(-c2cnc(C#N)cc2C)c1. The summed E-state index contributed by atoms with van der Waals surface area (Å²) in [6.07, 6.45) is 1.60. The zero-order valence-corrected chi connectivity index (χ0v) is 16.5. The molecule has 0 unspecified atom stereocenters. The first kappa shape index (κ1) is 19.4. The van der Waals surface area contributed by atoms with Gasteiger partial charge in [0, 0.05) is 35.0 Å². The number of amides is 1. The van der Waals surface area contributed by atoms with Gasteiger partial charge in [-0.3, -0.25) is 4.79 Å². The number of halogens is 1. The number of pyridine rings is 1. The van der Waals surface area contributed by atoms with E-state index in [9.17, 15) is 4.79 Å². The molecular weight excluding hydrogens is 374 g/mol. The number of nitriles is 1. The lowest BCUT2D eigenvalue weighted by Crippen LogP contribution is -2.26. The molecule has 140 valence electrons. The average Bonchev–Trinajstić information content (AvgIpc) is 2.73. The molecule has 0 N–H and O–H groups in total. The molecule has 0 atom stereocenters. The van der Waals surface area contributed by atoms with Crippen molar-refractivity contribution >= 4 is 23.2 Å². The highest BCUT2D eigenvalue weighted by atomic mass is 35.5. The molecular formula is C22H18ClN3O2. The molecule has 3 rings (SSSR count). The summed E-state index contributed by atoms with van der Waals surface area (Å²) in [6, 6.07) is 16.2. The van der Waals surface area contributed by atoms with Crippen LogP contribution in [-0.2, 0) is 0 Å². The Labute approximate surface area is 168 Å². The Balaban J connectivity index is 2.02. The summed E-state index contributed by atoms with van der Waals surface area (Å²) < 4.78 is 5.35. The summed E-state index contributed by atoms with van der Waals surface area (Å²) in [5.41, 5.74) is 3.81. The van der Waals surface area contributed by atoms with Gasteiger partial charge in [-0.2, -0.15) is 5.26 Å². The van der Waals surface area contributed by atoms with E-state index in [-0.39, 0.29) is 5.91 Å². The van der Waals surface area contributed by atoms with E-state index in [0.29, 0.717) is 33.3 Å². The molecule has 5 nitrogen and oxygen atoms in total. The van der Waals surface area contributed by atoms with Crippen LogP contribution in [0.3, 0.4) is 0 Å². The van der Waals surface area contributed by atoms with E-state index in [1.165, 1.54) is 4.90 Å². The number of carbonyl (C=O) groups is 1. The Morgan fingerprint density at radius 2 is 1.93 bits per heavy atom. The molecule has 0 radical (unpaired) electrons. The molecule has 28 heavy (non-hydrogen) atoms. The number of benzene rings is 2. The number of para-hydroxylation sites is 2. The van der Waals surface area contributed by atoms with Crippen LogP contribution >= 0.6 is 11.6 Å². The molecule has 0 saturated heterocycles. The van der Waals surface area contributed by atoms with Crippen molar-refractivity contribution in [3.63, 3.8) is 0 Å². The second kappa shape index (κ2) is 8.12. The molecule has 6 heteroatoms. The quantitative estimate of drug-likeness (QED) is 0.636. The van der Waals surface area contributed by atoms with Crippen LogP contribution in [0.25, 0.3) is 11.1 Å². The number of ether oxygens (including phenoxy) is 1. The Hall–Kier alpha value is -3.36. The van der Waals surface area contributed by atoms with E-state index in [1.807, 2.05) is 31.2 Å². The predicted molar refractivity (Wildman–Crippen MR) is 110 cm³/mol. The third-order valence-corrected chi connectivity index (χ3v) is 4.81. The van der Waals surface area contributed by atoms with Gasteiger partial charge in [-0.05, 0) is 48.9 Å². The number of anilines is 1. The van der Waals surface area contributed by atoms with Gasteiger partial charge in [0.25, 0.3) is 5.91 Å². The van der Waals surface area contributed by atoms with Gasteiger partial charge in [0.1, 0.15) is 17.5 Å². The minimum atomic E-state index is -0.193. The van der Waals surface area contributed by atoms with E-state index < -0.39 is 0 Å². The molecule has 1 aromatic heterocycles. The van der Waals surface area contributed by atoms with Crippen LogP contribution in [0, 0.1) is 18.3 Å². The summed E-state index contributed by atoms with van der Waals surface area (Å²) >= 11 is 6.39. The first-order valence-electron chi connectivity index (χ1n) is 8.54. The van der Waals surface area contributed by atoms with E-state index in [4.69, 9.17) is 21.6 Å². The third-order valence-electron chi connectivity index (χ3n) is 4.48. The zero-order chi connectivity index (χ0) is 20.3. The highest BCUT2D eigenvalue weighted by Crippen LogP contribution is 2.33. The number of methoxy groups -OCH3 is 1. The maximum atomic E-state index is 13.1. The van der Waals surface area contributed by atoms with Crippen molar-refractivity contribution < 1.29 is 9.53 Å². The molecule has 0 aliphatic carbocycles. The topological polar surface area (TPSA) is 66.2 Å². The van der Waals surface area contributed by atoms with Gasteiger partial charge >= 0.3 is 0 Å². The smallest absolute Gasteiger partial charge is 0.258 e. The van der Waals surface area contributed by atoms with Crippen LogP contribution in [0.5, 0.6) is 5.75 Å². The van der Waals surface area contributed by atoms with Crippen molar-refractivity contribution in [1.82, 2.24) is 4.98 Å². The number of rotatable bonds is 4. The second-order valence-electron chi connectivity index (χ2n) is 6.23.